The largest absolute Gasteiger partial charge is 0.497 e. The molecular weight excluding hydrogens is 345 g/mol. The number of aromatic nitrogens is 2. The third-order valence-electron chi connectivity index (χ3n) is 3.62. The third-order valence-corrected chi connectivity index (χ3v) is 3.88. The Labute approximate surface area is 149 Å². The summed E-state index contributed by atoms with van der Waals surface area (Å²) in [5.74, 6) is -0.393. The number of ether oxygens (including phenoxy) is 1. The molecule has 0 aliphatic rings. The van der Waals surface area contributed by atoms with E-state index in [2.05, 4.69) is 10.4 Å². The van der Waals surface area contributed by atoms with Crippen LogP contribution in [0.3, 0.4) is 0 Å². The van der Waals surface area contributed by atoms with Crippen molar-refractivity contribution in [2.45, 2.75) is 6.54 Å². The number of rotatable bonds is 5. The fourth-order valence-corrected chi connectivity index (χ4v) is 2.44. The normalized spacial score (nSPS) is 10.5. The van der Waals surface area contributed by atoms with Gasteiger partial charge in [0.1, 0.15) is 17.4 Å². The number of anilines is 1. The third kappa shape index (κ3) is 3.97. The number of methoxy groups -OCH3 is 1. The summed E-state index contributed by atoms with van der Waals surface area (Å²) >= 11 is 5.87. The summed E-state index contributed by atoms with van der Waals surface area (Å²) in [6, 6.07) is 13.0. The van der Waals surface area contributed by atoms with E-state index in [1.54, 1.807) is 29.1 Å². The maximum Gasteiger partial charge on any atom is 0.259 e. The molecule has 0 fully saturated rings. The molecule has 5 nitrogen and oxygen atoms in total. The SMILES string of the molecule is COc1ccc(C(=O)Nc2ccnn2Cc2ccc(Cl)cc2)c(F)c1. The lowest BCUT2D eigenvalue weighted by Crippen LogP contribution is -2.17. The van der Waals surface area contributed by atoms with E-state index in [0.717, 1.165) is 5.56 Å². The minimum Gasteiger partial charge on any atom is -0.497 e. The number of hydrogen-bond acceptors (Lipinski definition) is 3. The van der Waals surface area contributed by atoms with Crippen molar-refractivity contribution in [1.29, 1.82) is 0 Å². The quantitative estimate of drug-likeness (QED) is 0.749. The number of amides is 1. The van der Waals surface area contributed by atoms with Crippen LogP contribution < -0.4 is 10.1 Å². The first kappa shape index (κ1) is 17.0. The molecule has 0 saturated heterocycles. The number of carbonyl (C=O) groups excluding carboxylic acids is 1. The number of halogens is 2. The lowest BCUT2D eigenvalue weighted by atomic mass is 10.2. The van der Waals surface area contributed by atoms with Gasteiger partial charge in [-0.1, -0.05) is 23.7 Å². The Bertz CT molecular complexity index is 894. The fourth-order valence-electron chi connectivity index (χ4n) is 2.32. The van der Waals surface area contributed by atoms with Crippen molar-refractivity contribution >= 4 is 23.3 Å². The predicted molar refractivity (Wildman–Crippen MR) is 93.7 cm³/mol. The van der Waals surface area contributed by atoms with Crippen LogP contribution in [0.1, 0.15) is 15.9 Å². The minimum atomic E-state index is -0.652. The zero-order valence-corrected chi connectivity index (χ0v) is 14.1. The van der Waals surface area contributed by atoms with Crippen LogP contribution in [-0.2, 0) is 6.54 Å². The van der Waals surface area contributed by atoms with E-state index in [1.807, 2.05) is 12.1 Å². The van der Waals surface area contributed by atoms with Gasteiger partial charge in [-0.2, -0.15) is 5.10 Å². The van der Waals surface area contributed by atoms with E-state index in [9.17, 15) is 9.18 Å². The minimum absolute atomic E-state index is 0.0694. The average molecular weight is 360 g/mol. The lowest BCUT2D eigenvalue weighted by molar-refractivity contribution is 0.102. The van der Waals surface area contributed by atoms with Crippen LogP contribution in [-0.4, -0.2) is 22.8 Å². The van der Waals surface area contributed by atoms with Gasteiger partial charge in [-0.3, -0.25) is 4.79 Å². The van der Waals surface area contributed by atoms with Crippen molar-refractivity contribution in [3.63, 3.8) is 0 Å². The van der Waals surface area contributed by atoms with Gasteiger partial charge in [-0.15, -0.1) is 0 Å². The van der Waals surface area contributed by atoms with Crippen molar-refractivity contribution in [1.82, 2.24) is 9.78 Å². The second-order valence-corrected chi connectivity index (χ2v) is 5.74. The van der Waals surface area contributed by atoms with Crippen molar-refractivity contribution in [3.8, 4) is 5.75 Å². The number of benzene rings is 2. The van der Waals surface area contributed by atoms with Gasteiger partial charge in [0.25, 0.3) is 5.91 Å². The predicted octanol–water partition coefficient (Wildman–Crippen LogP) is 3.98. The lowest BCUT2D eigenvalue weighted by Gasteiger charge is -2.10. The highest BCUT2D eigenvalue weighted by Crippen LogP contribution is 2.18. The first-order chi connectivity index (χ1) is 12.1. The highest BCUT2D eigenvalue weighted by Gasteiger charge is 2.15. The molecule has 1 heterocycles. The van der Waals surface area contributed by atoms with Gasteiger partial charge < -0.3 is 10.1 Å². The molecule has 128 valence electrons. The smallest absolute Gasteiger partial charge is 0.259 e. The van der Waals surface area contributed by atoms with Gasteiger partial charge >= 0.3 is 0 Å². The van der Waals surface area contributed by atoms with Crippen LogP contribution in [0.2, 0.25) is 5.02 Å². The van der Waals surface area contributed by atoms with E-state index in [0.29, 0.717) is 23.1 Å². The Balaban J connectivity index is 1.76. The summed E-state index contributed by atoms with van der Waals surface area (Å²) in [5.41, 5.74) is 0.902. The molecule has 1 aromatic heterocycles. The van der Waals surface area contributed by atoms with Gasteiger partial charge in [0.05, 0.1) is 25.4 Å². The zero-order valence-electron chi connectivity index (χ0n) is 13.4. The average Bonchev–Trinajstić information content (AvgIpc) is 3.03. The maximum atomic E-state index is 14.0. The molecule has 0 atom stereocenters. The topological polar surface area (TPSA) is 56.1 Å². The van der Waals surface area contributed by atoms with E-state index >= 15 is 0 Å². The number of hydrogen-bond donors (Lipinski definition) is 1. The molecule has 1 N–H and O–H groups in total. The first-order valence-electron chi connectivity index (χ1n) is 7.48. The Kier molecular flexibility index (Phi) is 5.00. The first-order valence-corrected chi connectivity index (χ1v) is 7.86. The fraction of sp³-hybridized carbons (Fsp3) is 0.111. The monoisotopic (exact) mass is 359 g/mol. The maximum absolute atomic E-state index is 14.0. The molecule has 0 radical (unpaired) electrons. The van der Waals surface area contributed by atoms with Crippen molar-refractivity contribution < 1.29 is 13.9 Å². The molecule has 0 bridgehead atoms. The summed E-state index contributed by atoms with van der Waals surface area (Å²) in [7, 11) is 1.43. The summed E-state index contributed by atoms with van der Waals surface area (Å²) in [4.78, 5) is 12.3. The van der Waals surface area contributed by atoms with Crippen LogP contribution in [0.4, 0.5) is 10.2 Å². The standard InChI is InChI=1S/C18H15ClFN3O2/c1-25-14-6-7-15(16(20)10-14)18(24)22-17-8-9-21-23(17)11-12-2-4-13(19)5-3-12/h2-10H,11H2,1H3,(H,22,24). The van der Waals surface area contributed by atoms with Gasteiger partial charge in [0.15, 0.2) is 0 Å². The van der Waals surface area contributed by atoms with Crippen LogP contribution in [0.5, 0.6) is 5.75 Å². The molecule has 3 aromatic rings. The molecule has 7 heteroatoms. The molecule has 25 heavy (non-hydrogen) atoms. The van der Waals surface area contributed by atoms with Crippen LogP contribution in [0.25, 0.3) is 0 Å². The molecule has 2 aromatic carbocycles. The van der Waals surface area contributed by atoms with Gasteiger partial charge in [-0.05, 0) is 29.8 Å². The summed E-state index contributed by atoms with van der Waals surface area (Å²) < 4.78 is 20.6. The Morgan fingerprint density at radius 3 is 2.68 bits per heavy atom. The highest BCUT2D eigenvalue weighted by molar-refractivity contribution is 6.30. The summed E-state index contributed by atoms with van der Waals surface area (Å²) in [6.45, 7) is 0.449. The van der Waals surface area contributed by atoms with Gasteiger partial charge in [0.2, 0.25) is 0 Å². The molecule has 0 saturated carbocycles. The number of nitrogens with zero attached hydrogens (tertiary/aromatic N) is 2. The summed E-state index contributed by atoms with van der Waals surface area (Å²) in [6.07, 6.45) is 1.57. The molecule has 3 rings (SSSR count). The van der Waals surface area contributed by atoms with E-state index < -0.39 is 11.7 Å². The molecule has 0 spiro atoms. The van der Waals surface area contributed by atoms with Crippen molar-refractivity contribution in [3.05, 3.63) is 76.7 Å². The van der Waals surface area contributed by atoms with E-state index in [-0.39, 0.29) is 5.56 Å². The Hall–Kier alpha value is -2.86. The van der Waals surface area contributed by atoms with E-state index in [1.165, 1.54) is 25.3 Å². The Morgan fingerprint density at radius 2 is 2.00 bits per heavy atom. The molecule has 0 unspecified atom stereocenters. The molecule has 1 amide bonds. The Morgan fingerprint density at radius 1 is 1.24 bits per heavy atom. The summed E-state index contributed by atoms with van der Waals surface area (Å²) in [5, 5.41) is 7.50. The van der Waals surface area contributed by atoms with Gasteiger partial charge in [-0.25, -0.2) is 9.07 Å². The zero-order chi connectivity index (χ0) is 17.8. The van der Waals surface area contributed by atoms with Crippen molar-refractivity contribution in [2.24, 2.45) is 0 Å². The van der Waals surface area contributed by atoms with Crippen LogP contribution >= 0.6 is 11.6 Å². The highest BCUT2D eigenvalue weighted by atomic mass is 35.5. The number of nitrogens with one attached hydrogen (secondary N) is 1. The van der Waals surface area contributed by atoms with Crippen LogP contribution in [0.15, 0.2) is 54.7 Å². The second kappa shape index (κ2) is 7.36. The molecule has 0 aliphatic carbocycles. The van der Waals surface area contributed by atoms with E-state index in [4.69, 9.17) is 16.3 Å². The van der Waals surface area contributed by atoms with Crippen molar-refractivity contribution in [2.75, 3.05) is 12.4 Å². The van der Waals surface area contributed by atoms with Gasteiger partial charge in [0, 0.05) is 17.2 Å². The van der Waals surface area contributed by atoms with Crippen LogP contribution in [0, 0.1) is 5.82 Å². The number of carbonyl (C=O) groups is 1. The molecule has 0 aliphatic heterocycles. The molecular formula is C18H15ClFN3O2. The second-order valence-electron chi connectivity index (χ2n) is 5.30.